The Labute approximate surface area is 133 Å². The van der Waals surface area contributed by atoms with Crippen molar-refractivity contribution in [2.24, 2.45) is 0 Å². The molecule has 1 saturated heterocycles. The zero-order valence-corrected chi connectivity index (χ0v) is 14.2. The molecule has 0 aliphatic carbocycles. The lowest BCUT2D eigenvalue weighted by Crippen LogP contribution is -2.44. The zero-order chi connectivity index (χ0) is 15.5. The molecule has 21 heavy (non-hydrogen) atoms. The highest BCUT2D eigenvalue weighted by Crippen LogP contribution is 2.18. The van der Waals surface area contributed by atoms with Gasteiger partial charge in [0.05, 0.1) is 12.4 Å². The fourth-order valence-electron chi connectivity index (χ4n) is 2.13. The van der Waals surface area contributed by atoms with Crippen LogP contribution in [0.15, 0.2) is 17.0 Å². The highest BCUT2D eigenvalue weighted by atomic mass is 79.9. The first-order valence-corrected chi connectivity index (χ1v) is 7.85. The molecule has 6 nitrogen and oxygen atoms in total. The molecule has 0 saturated carbocycles. The van der Waals surface area contributed by atoms with Gasteiger partial charge in [-0.1, -0.05) is 0 Å². The topological polar surface area (TPSA) is 67.3 Å². The van der Waals surface area contributed by atoms with Crippen molar-refractivity contribution in [1.82, 2.24) is 14.9 Å². The number of carbonyl (C=O) groups excluding carboxylic acids is 1. The number of nitrogens with zero attached hydrogens (tertiary/aromatic N) is 3. The molecule has 1 amide bonds. The average molecular weight is 357 g/mol. The van der Waals surface area contributed by atoms with Crippen LogP contribution in [0.5, 0.6) is 0 Å². The highest BCUT2D eigenvalue weighted by Gasteiger charge is 2.26. The number of aromatic nitrogens is 2. The van der Waals surface area contributed by atoms with Gasteiger partial charge in [0.25, 0.3) is 0 Å². The second-order valence-corrected chi connectivity index (χ2v) is 6.92. The summed E-state index contributed by atoms with van der Waals surface area (Å²) in [5.41, 5.74) is -0.445. The Hall–Kier alpha value is -1.37. The molecule has 116 valence electrons. The number of ether oxygens (including phenoxy) is 1. The summed E-state index contributed by atoms with van der Waals surface area (Å²) in [5.74, 6) is 0.758. The second-order valence-electron chi connectivity index (χ2n) is 6.11. The van der Waals surface area contributed by atoms with Crippen LogP contribution >= 0.6 is 15.9 Å². The summed E-state index contributed by atoms with van der Waals surface area (Å²) in [4.78, 5) is 22.1. The maximum Gasteiger partial charge on any atom is 0.410 e. The molecule has 1 N–H and O–H groups in total. The van der Waals surface area contributed by atoms with Crippen molar-refractivity contribution in [3.63, 3.8) is 0 Å². The third-order valence-electron chi connectivity index (χ3n) is 3.12. The summed E-state index contributed by atoms with van der Waals surface area (Å²) in [6.45, 7) is 7.02. The van der Waals surface area contributed by atoms with Crippen LogP contribution in [0, 0.1) is 0 Å². The van der Waals surface area contributed by atoms with E-state index in [1.165, 1.54) is 0 Å². The van der Waals surface area contributed by atoms with Crippen LogP contribution in [0.1, 0.15) is 33.6 Å². The van der Waals surface area contributed by atoms with E-state index < -0.39 is 5.60 Å². The number of nitrogens with one attached hydrogen (secondary N) is 1. The smallest absolute Gasteiger partial charge is 0.410 e. The van der Waals surface area contributed by atoms with Crippen LogP contribution in [0.3, 0.4) is 0 Å². The van der Waals surface area contributed by atoms with Crippen LogP contribution in [0.2, 0.25) is 0 Å². The summed E-state index contributed by atoms with van der Waals surface area (Å²) < 4.78 is 6.10. The summed E-state index contributed by atoms with van der Waals surface area (Å²) in [6, 6.07) is 0.305. The van der Waals surface area contributed by atoms with Gasteiger partial charge < -0.3 is 15.0 Å². The molecule has 2 rings (SSSR count). The highest BCUT2D eigenvalue weighted by molar-refractivity contribution is 9.10. The van der Waals surface area contributed by atoms with Crippen LogP contribution in [-0.4, -0.2) is 45.7 Å². The minimum Gasteiger partial charge on any atom is -0.444 e. The van der Waals surface area contributed by atoms with Gasteiger partial charge in [0.2, 0.25) is 0 Å². The average Bonchev–Trinajstić information content (AvgIpc) is 2.40. The number of anilines is 1. The molecule has 0 spiro atoms. The van der Waals surface area contributed by atoms with Crippen molar-refractivity contribution in [2.45, 2.75) is 45.3 Å². The largest absolute Gasteiger partial charge is 0.444 e. The number of hydrogen-bond acceptors (Lipinski definition) is 5. The monoisotopic (exact) mass is 356 g/mol. The standard InChI is InChI=1S/C14H21BrN4O2/c1-14(2,3)21-13(20)19-6-4-10(5-7-19)18-12-9-16-11(15)8-17-12/h8-10H,4-7H2,1-3H3,(H,17,18). The predicted octanol–water partition coefficient (Wildman–Crippen LogP) is 3.05. The second kappa shape index (κ2) is 6.60. The molecule has 1 aromatic heterocycles. The van der Waals surface area contributed by atoms with E-state index in [1.807, 2.05) is 20.8 Å². The maximum absolute atomic E-state index is 12.0. The quantitative estimate of drug-likeness (QED) is 0.881. The molecule has 1 aliphatic rings. The van der Waals surface area contributed by atoms with E-state index in [0.29, 0.717) is 23.7 Å². The van der Waals surface area contributed by atoms with Crippen molar-refractivity contribution in [2.75, 3.05) is 18.4 Å². The SMILES string of the molecule is CC(C)(C)OC(=O)N1CCC(Nc2cnc(Br)cn2)CC1. The predicted molar refractivity (Wildman–Crippen MR) is 84.2 cm³/mol. The Morgan fingerprint density at radius 2 is 2.00 bits per heavy atom. The van der Waals surface area contributed by atoms with Crippen molar-refractivity contribution >= 4 is 27.8 Å². The fourth-order valence-corrected chi connectivity index (χ4v) is 2.33. The van der Waals surface area contributed by atoms with Crippen LogP contribution in [-0.2, 0) is 4.74 Å². The molecular weight excluding hydrogens is 336 g/mol. The summed E-state index contributed by atoms with van der Waals surface area (Å²) >= 11 is 3.26. The number of rotatable bonds is 2. The molecular formula is C14H21BrN4O2. The van der Waals surface area contributed by atoms with E-state index in [0.717, 1.165) is 18.7 Å². The van der Waals surface area contributed by atoms with E-state index in [2.05, 4.69) is 31.2 Å². The van der Waals surface area contributed by atoms with Gasteiger partial charge >= 0.3 is 6.09 Å². The number of likely N-dealkylation sites (tertiary alicyclic amines) is 1. The van der Waals surface area contributed by atoms with Gasteiger partial charge in [-0.2, -0.15) is 0 Å². The molecule has 0 unspecified atom stereocenters. The zero-order valence-electron chi connectivity index (χ0n) is 12.6. The van der Waals surface area contributed by atoms with Crippen LogP contribution < -0.4 is 5.32 Å². The minimum atomic E-state index is -0.445. The molecule has 2 heterocycles. The Morgan fingerprint density at radius 3 is 2.52 bits per heavy atom. The van der Waals surface area contributed by atoms with Crippen molar-refractivity contribution in [3.8, 4) is 0 Å². The number of amides is 1. The van der Waals surface area contributed by atoms with Gasteiger partial charge in [0, 0.05) is 19.1 Å². The van der Waals surface area contributed by atoms with E-state index in [4.69, 9.17) is 4.74 Å². The first-order valence-electron chi connectivity index (χ1n) is 7.05. The molecule has 7 heteroatoms. The van der Waals surface area contributed by atoms with Gasteiger partial charge in [0.15, 0.2) is 0 Å². The first-order chi connectivity index (χ1) is 9.83. The Morgan fingerprint density at radius 1 is 1.33 bits per heavy atom. The number of halogens is 1. The molecule has 1 aromatic rings. The maximum atomic E-state index is 12.0. The van der Waals surface area contributed by atoms with Crippen LogP contribution in [0.25, 0.3) is 0 Å². The first kappa shape index (κ1) is 16.0. The van der Waals surface area contributed by atoms with Crippen LogP contribution in [0.4, 0.5) is 10.6 Å². The van der Waals surface area contributed by atoms with Crippen molar-refractivity contribution in [1.29, 1.82) is 0 Å². The third kappa shape index (κ3) is 5.15. The fraction of sp³-hybridized carbons (Fsp3) is 0.643. The van der Waals surface area contributed by atoms with E-state index in [9.17, 15) is 4.79 Å². The lowest BCUT2D eigenvalue weighted by molar-refractivity contribution is 0.0210. The van der Waals surface area contributed by atoms with Gasteiger partial charge in [-0.3, -0.25) is 0 Å². The Kier molecular flexibility index (Phi) is 5.03. The molecule has 0 bridgehead atoms. The number of hydrogen-bond donors (Lipinski definition) is 1. The number of carbonyl (C=O) groups is 1. The summed E-state index contributed by atoms with van der Waals surface area (Å²) in [6.07, 6.45) is 4.88. The minimum absolute atomic E-state index is 0.232. The van der Waals surface area contributed by atoms with Gasteiger partial charge in [0.1, 0.15) is 16.0 Å². The molecule has 1 fully saturated rings. The lowest BCUT2D eigenvalue weighted by Gasteiger charge is -2.33. The summed E-state index contributed by atoms with van der Waals surface area (Å²) in [7, 11) is 0. The normalized spacial score (nSPS) is 16.7. The molecule has 0 atom stereocenters. The summed E-state index contributed by atoms with van der Waals surface area (Å²) in [5, 5.41) is 3.34. The molecule has 0 radical (unpaired) electrons. The molecule has 0 aromatic carbocycles. The lowest BCUT2D eigenvalue weighted by atomic mass is 10.1. The van der Waals surface area contributed by atoms with Crippen molar-refractivity contribution in [3.05, 3.63) is 17.0 Å². The van der Waals surface area contributed by atoms with Gasteiger partial charge in [-0.25, -0.2) is 14.8 Å². The van der Waals surface area contributed by atoms with E-state index in [1.54, 1.807) is 17.3 Å². The van der Waals surface area contributed by atoms with Gasteiger partial charge in [-0.05, 0) is 49.5 Å². The van der Waals surface area contributed by atoms with Crippen molar-refractivity contribution < 1.29 is 9.53 Å². The Balaban J connectivity index is 1.80. The molecule has 1 aliphatic heterocycles. The van der Waals surface area contributed by atoms with E-state index >= 15 is 0 Å². The third-order valence-corrected chi connectivity index (χ3v) is 3.53. The Bertz CT molecular complexity index is 479. The van der Waals surface area contributed by atoms with Gasteiger partial charge in [-0.15, -0.1) is 0 Å². The number of piperidine rings is 1. The van der Waals surface area contributed by atoms with E-state index in [-0.39, 0.29) is 6.09 Å².